The molecule has 444 valence electrons. The van der Waals surface area contributed by atoms with E-state index in [1.807, 2.05) is 6.92 Å². The quantitative estimate of drug-likeness (QED) is 0.0240. The van der Waals surface area contributed by atoms with Crippen LogP contribution in [0.2, 0.25) is 0 Å². The first-order valence-electron chi connectivity index (χ1n) is 27.4. The van der Waals surface area contributed by atoms with E-state index in [-0.39, 0.29) is 106 Å². The summed E-state index contributed by atoms with van der Waals surface area (Å²) in [7, 11) is 0. The lowest BCUT2D eigenvalue weighted by Gasteiger charge is -2.31. The molecule has 8 N–H and O–H groups in total. The van der Waals surface area contributed by atoms with Crippen LogP contribution >= 0.6 is 0 Å². The maximum Gasteiger partial charge on any atom is 0.407 e. The van der Waals surface area contributed by atoms with Crippen LogP contribution in [0.4, 0.5) is 14.9 Å². The Morgan fingerprint density at radius 2 is 1.54 bits per heavy atom. The highest BCUT2D eigenvalue weighted by Gasteiger charge is 2.45. The van der Waals surface area contributed by atoms with Gasteiger partial charge in [-0.3, -0.25) is 48.1 Å². The number of esters is 1. The number of anilines is 1. The van der Waals surface area contributed by atoms with E-state index in [4.69, 9.17) is 19.2 Å². The van der Waals surface area contributed by atoms with E-state index >= 15 is 4.39 Å². The van der Waals surface area contributed by atoms with Crippen LogP contribution in [0.1, 0.15) is 123 Å². The Kier molecular flexibility index (Phi) is 21.2. The number of fused-ring (bicyclic) bond motifs is 5. The van der Waals surface area contributed by atoms with Gasteiger partial charge in [0.05, 0.1) is 54.5 Å². The number of alkyl carbamates (subject to hydrolysis) is 1. The fraction of sp³-hybridized carbons (Fsp3) is 0.536. The Morgan fingerprint density at radius 1 is 0.817 bits per heavy atom. The van der Waals surface area contributed by atoms with Crippen molar-refractivity contribution in [1.29, 1.82) is 0 Å². The normalized spacial score (nSPS) is 16.3. The molecule has 0 saturated carbocycles. The minimum Gasteiger partial charge on any atom is -0.458 e. The molecule has 0 unspecified atom stereocenters. The largest absolute Gasteiger partial charge is 0.458 e. The van der Waals surface area contributed by atoms with Crippen molar-refractivity contribution in [1.82, 2.24) is 46.4 Å². The van der Waals surface area contributed by atoms with Gasteiger partial charge in [0.1, 0.15) is 36.2 Å². The van der Waals surface area contributed by atoms with Crippen molar-refractivity contribution in [2.75, 3.05) is 44.7 Å². The number of benzene rings is 1. The van der Waals surface area contributed by atoms with Crippen LogP contribution in [0, 0.1) is 11.7 Å². The van der Waals surface area contributed by atoms with Crippen molar-refractivity contribution >= 4 is 75.9 Å². The lowest BCUT2D eigenvalue weighted by Crippen LogP contribution is -2.58. The Balaban J connectivity index is 1.01. The number of amides is 9. The average Bonchev–Trinajstić information content (AvgIpc) is 1.78. The molecular weight excluding hydrogens is 1070 g/mol. The molecule has 1 aromatic carbocycles. The van der Waals surface area contributed by atoms with E-state index in [0.29, 0.717) is 47.2 Å². The molecule has 0 spiro atoms. The minimum atomic E-state index is -2.03. The molecule has 5 heterocycles. The molecule has 25 nitrogen and oxygen atoms in total. The maximum atomic E-state index is 15.8. The van der Waals surface area contributed by atoms with Gasteiger partial charge in [-0.15, -0.1) is 0 Å². The van der Waals surface area contributed by atoms with Crippen LogP contribution in [0.25, 0.3) is 22.3 Å². The summed E-state index contributed by atoms with van der Waals surface area (Å²) in [6.45, 7) is 13.1. The summed E-state index contributed by atoms with van der Waals surface area (Å²) < 4.78 is 33.0. The van der Waals surface area contributed by atoms with Crippen molar-refractivity contribution < 1.29 is 71.7 Å². The number of halogens is 1. The van der Waals surface area contributed by atoms with Crippen LogP contribution in [0.15, 0.2) is 35.1 Å². The number of ether oxygens (including phenoxy) is 3. The van der Waals surface area contributed by atoms with Gasteiger partial charge in [-0.25, -0.2) is 19.0 Å². The number of aromatic nitrogens is 2. The highest BCUT2D eigenvalue weighted by atomic mass is 19.1. The van der Waals surface area contributed by atoms with E-state index in [9.17, 15) is 57.8 Å². The summed E-state index contributed by atoms with van der Waals surface area (Å²) in [6.07, 6.45) is 2.84. The third-order valence-electron chi connectivity index (χ3n) is 13.9. The number of pyridine rings is 2. The summed E-state index contributed by atoms with van der Waals surface area (Å²) in [5.41, 5.74) is -0.747. The Bertz CT molecular complexity index is 3080. The van der Waals surface area contributed by atoms with Gasteiger partial charge in [0.25, 0.3) is 17.4 Å². The number of hydrogen-bond acceptors (Lipinski definition) is 16. The number of hydrogen-bond donors (Lipinski definition) is 8. The van der Waals surface area contributed by atoms with E-state index < -0.39 is 107 Å². The molecule has 0 saturated heterocycles. The SMILES string of the molecule is CCc1c2c(nc3cc(F)c(NC(=O)CNC(=O)[C@H](C)NC(=O)[C@@H](NC(=O)[C@H](CCCCNC(=O)CCOCCNC(=O)OC(C)(C)C)NC(=O)CCCN4C(=O)C=CC4=O)C(C)C)cc13)-c1cc3c(c(=O)n1C2)COC(=O)[C@]3(O)CC. The van der Waals surface area contributed by atoms with Gasteiger partial charge in [-0.1, -0.05) is 27.7 Å². The van der Waals surface area contributed by atoms with E-state index in [0.717, 1.165) is 23.1 Å². The number of unbranched alkanes of at least 4 members (excludes halogenated alkanes) is 1. The van der Waals surface area contributed by atoms with Crippen LogP contribution in [-0.2, 0) is 82.5 Å². The Hall–Kier alpha value is -8.13. The highest BCUT2D eigenvalue weighted by molar-refractivity contribution is 6.13. The average molecular weight is 1150 g/mol. The van der Waals surface area contributed by atoms with E-state index in [2.05, 4.69) is 37.2 Å². The molecule has 9 amide bonds. The third-order valence-corrected chi connectivity index (χ3v) is 13.9. The molecule has 2 aromatic heterocycles. The maximum absolute atomic E-state index is 15.8. The van der Waals surface area contributed by atoms with Gasteiger partial charge in [0.2, 0.25) is 35.4 Å². The molecule has 0 fully saturated rings. The monoisotopic (exact) mass is 1140 g/mol. The molecule has 0 aliphatic carbocycles. The Morgan fingerprint density at radius 3 is 2.21 bits per heavy atom. The molecule has 26 heteroatoms. The van der Waals surface area contributed by atoms with Gasteiger partial charge in [0.15, 0.2) is 5.60 Å². The molecule has 82 heavy (non-hydrogen) atoms. The van der Waals surface area contributed by atoms with Gasteiger partial charge in [-0.2, -0.15) is 0 Å². The second-order valence-corrected chi connectivity index (χ2v) is 21.5. The first-order chi connectivity index (χ1) is 38.8. The molecule has 3 aliphatic rings. The number of nitrogens with one attached hydrogen (secondary N) is 7. The lowest BCUT2D eigenvalue weighted by atomic mass is 9.86. The van der Waals surface area contributed by atoms with E-state index in [1.54, 1.807) is 47.6 Å². The van der Waals surface area contributed by atoms with Gasteiger partial charge >= 0.3 is 12.1 Å². The molecule has 3 aliphatic heterocycles. The Labute approximate surface area is 472 Å². The number of aryl methyl sites for hydroxylation is 1. The van der Waals surface area contributed by atoms with Crippen LogP contribution < -0.4 is 42.8 Å². The number of imide groups is 1. The first kappa shape index (κ1) is 63.1. The number of cyclic esters (lactones) is 1. The molecular formula is C56H73FN10O15. The number of nitrogens with zero attached hydrogens (tertiary/aromatic N) is 3. The van der Waals surface area contributed by atoms with Crippen molar-refractivity contribution in [2.45, 2.75) is 149 Å². The summed E-state index contributed by atoms with van der Waals surface area (Å²) in [5.74, 6) is -7.23. The fourth-order valence-corrected chi connectivity index (χ4v) is 9.54. The zero-order valence-corrected chi connectivity index (χ0v) is 47.4. The van der Waals surface area contributed by atoms with Crippen molar-refractivity contribution in [3.63, 3.8) is 0 Å². The fourth-order valence-electron chi connectivity index (χ4n) is 9.54. The lowest BCUT2D eigenvalue weighted by molar-refractivity contribution is -0.172. The second kappa shape index (κ2) is 27.6. The molecule has 3 aromatic rings. The van der Waals surface area contributed by atoms with Gasteiger partial charge in [-0.05, 0) is 89.8 Å². The van der Waals surface area contributed by atoms with Gasteiger partial charge in [0, 0.05) is 67.2 Å². The van der Waals surface area contributed by atoms with Crippen molar-refractivity contribution in [3.05, 3.63) is 68.8 Å². The molecule has 4 atom stereocenters. The minimum absolute atomic E-state index is 0.0294. The summed E-state index contributed by atoms with van der Waals surface area (Å²) in [6, 6.07) is 0.464. The number of carbonyl (C=O) groups excluding carboxylic acids is 10. The number of rotatable bonds is 27. The van der Waals surface area contributed by atoms with Crippen LogP contribution in [-0.4, -0.2) is 142 Å². The topological polar surface area (TPSA) is 341 Å². The van der Waals surface area contributed by atoms with Crippen molar-refractivity contribution in [3.8, 4) is 11.4 Å². The molecule has 0 bridgehead atoms. The third kappa shape index (κ3) is 15.7. The van der Waals surface area contributed by atoms with Crippen molar-refractivity contribution in [2.24, 2.45) is 5.92 Å². The number of aliphatic hydroxyl groups is 1. The zero-order chi connectivity index (χ0) is 60.2. The molecule has 6 rings (SSSR count). The second-order valence-electron chi connectivity index (χ2n) is 21.5. The standard InChI is InChI=1S/C56H73FN10O15/c1-9-32-33-24-40(37(57)26-39(33)64-48-34(32)28-67-41(48)25-36-35(52(67)76)29-81-53(77)56(36,79)10-2)63-44(70)27-60-49(73)31(5)61-51(75)47(30(3)4)65-50(74)38(62-43(69)15-13-21-66-45(71)16-17-46(66)72)14-11-12-19-58-42(68)18-22-80-23-20-59-54(78)82-55(6,7)8/h16-17,24-26,30-31,38,47,79H,9-15,18-23,27-29H2,1-8H3,(H,58,68)(H,59,78)(H,60,73)(H,61,75)(H,62,69)(H,63,70)(H,65,74)/t31-,38-,47-,56-/m0/s1. The summed E-state index contributed by atoms with van der Waals surface area (Å²) in [5, 5.41) is 29.8. The predicted molar refractivity (Wildman–Crippen MR) is 293 cm³/mol. The number of carbonyl (C=O) groups is 10. The zero-order valence-electron chi connectivity index (χ0n) is 47.4. The smallest absolute Gasteiger partial charge is 0.407 e. The van der Waals surface area contributed by atoms with Crippen LogP contribution in [0.5, 0.6) is 0 Å². The van der Waals surface area contributed by atoms with Crippen LogP contribution in [0.3, 0.4) is 0 Å². The predicted octanol–water partition coefficient (Wildman–Crippen LogP) is 1.89. The van der Waals surface area contributed by atoms with E-state index in [1.165, 1.54) is 17.6 Å². The highest BCUT2D eigenvalue weighted by Crippen LogP contribution is 2.41. The first-order valence-corrected chi connectivity index (χ1v) is 27.4. The summed E-state index contributed by atoms with van der Waals surface area (Å²) >= 11 is 0. The van der Waals surface area contributed by atoms with Gasteiger partial charge < -0.3 is 61.1 Å². The summed E-state index contributed by atoms with van der Waals surface area (Å²) in [4.78, 5) is 148. The molecule has 0 radical (unpaired) electrons.